The van der Waals surface area contributed by atoms with E-state index in [-0.39, 0.29) is 0 Å². The monoisotopic (exact) mass is 229 g/mol. The second kappa shape index (κ2) is 4.38. The van der Waals surface area contributed by atoms with Gasteiger partial charge in [0.1, 0.15) is 5.54 Å². The summed E-state index contributed by atoms with van der Waals surface area (Å²) in [5, 5.41) is 9.08. The van der Waals surface area contributed by atoms with Crippen LogP contribution in [0, 0.1) is 18.3 Å². The van der Waals surface area contributed by atoms with Crippen molar-refractivity contribution in [1.29, 1.82) is 5.26 Å². The number of para-hydroxylation sites is 1. The summed E-state index contributed by atoms with van der Waals surface area (Å²) in [7, 11) is 0. The van der Waals surface area contributed by atoms with Crippen molar-refractivity contribution in [2.24, 2.45) is 5.73 Å². The molecule has 3 heteroatoms. The number of anilines is 1. The minimum absolute atomic E-state index is 0.640. The molecular formula is C14H19N3. The lowest BCUT2D eigenvalue weighted by Gasteiger charge is -2.24. The van der Waals surface area contributed by atoms with Crippen molar-refractivity contribution < 1.29 is 0 Å². The molecule has 90 valence electrons. The minimum atomic E-state index is -0.673. The van der Waals surface area contributed by atoms with Crippen LogP contribution in [0.2, 0.25) is 0 Å². The summed E-state index contributed by atoms with van der Waals surface area (Å²) in [5.41, 5.74) is 9.24. The van der Waals surface area contributed by atoms with Crippen LogP contribution in [0.25, 0.3) is 0 Å². The normalized spacial score (nSPS) is 23.8. The first-order chi connectivity index (χ1) is 8.09. The molecule has 2 rings (SSSR count). The Morgan fingerprint density at radius 3 is 2.88 bits per heavy atom. The van der Waals surface area contributed by atoms with Gasteiger partial charge in [0.2, 0.25) is 0 Å². The number of nitrogens with zero attached hydrogens (tertiary/aromatic N) is 2. The molecular weight excluding hydrogens is 210 g/mol. The second-order valence-electron chi connectivity index (χ2n) is 4.88. The highest BCUT2D eigenvalue weighted by atomic mass is 15.2. The quantitative estimate of drug-likeness (QED) is 0.843. The molecule has 1 fully saturated rings. The van der Waals surface area contributed by atoms with Gasteiger partial charge in [-0.25, -0.2) is 0 Å². The lowest BCUT2D eigenvalue weighted by atomic mass is 10.0. The van der Waals surface area contributed by atoms with Crippen molar-refractivity contribution in [3.8, 4) is 6.07 Å². The van der Waals surface area contributed by atoms with Crippen LogP contribution in [-0.2, 0) is 6.42 Å². The van der Waals surface area contributed by atoms with Gasteiger partial charge in [-0.2, -0.15) is 5.26 Å². The highest BCUT2D eigenvalue weighted by Gasteiger charge is 2.35. The Hall–Kier alpha value is -1.53. The van der Waals surface area contributed by atoms with Crippen molar-refractivity contribution in [2.45, 2.75) is 32.2 Å². The third kappa shape index (κ3) is 2.13. The fourth-order valence-corrected chi connectivity index (χ4v) is 2.57. The number of nitriles is 1. The molecule has 3 nitrogen and oxygen atoms in total. The van der Waals surface area contributed by atoms with E-state index >= 15 is 0 Å². The van der Waals surface area contributed by atoms with E-state index in [0.717, 1.165) is 19.4 Å². The summed E-state index contributed by atoms with van der Waals surface area (Å²) in [5.74, 6) is 0. The number of rotatable bonds is 2. The molecule has 0 aliphatic carbocycles. The number of nitrogens with two attached hydrogens (primary N) is 1. The van der Waals surface area contributed by atoms with Crippen molar-refractivity contribution in [3.05, 3.63) is 29.3 Å². The Balaban J connectivity index is 2.34. The standard InChI is InChI=1S/C14H19N3/c1-3-12-6-4-5-11(2)13(12)17-8-7-14(16,9-15)10-17/h4-6H,3,7-8,10,16H2,1-2H3. The van der Waals surface area contributed by atoms with Gasteiger partial charge < -0.3 is 10.6 Å². The van der Waals surface area contributed by atoms with E-state index in [2.05, 4.69) is 43.0 Å². The Bertz CT molecular complexity index is 461. The first kappa shape index (κ1) is 11.9. The zero-order valence-electron chi connectivity index (χ0n) is 10.5. The molecule has 1 heterocycles. The van der Waals surface area contributed by atoms with Gasteiger partial charge in [0.05, 0.1) is 6.07 Å². The third-order valence-corrected chi connectivity index (χ3v) is 3.54. The Morgan fingerprint density at radius 1 is 1.53 bits per heavy atom. The van der Waals surface area contributed by atoms with Gasteiger partial charge in [0.15, 0.2) is 0 Å². The van der Waals surface area contributed by atoms with E-state index in [9.17, 15) is 0 Å². The Labute approximate surface area is 103 Å². The van der Waals surface area contributed by atoms with Crippen LogP contribution in [-0.4, -0.2) is 18.6 Å². The Kier molecular flexibility index (Phi) is 3.08. The van der Waals surface area contributed by atoms with E-state index < -0.39 is 5.54 Å². The molecule has 1 aromatic rings. The SMILES string of the molecule is CCc1cccc(C)c1N1CCC(N)(C#N)C1. The fraction of sp³-hybridized carbons (Fsp3) is 0.500. The summed E-state index contributed by atoms with van der Waals surface area (Å²) >= 11 is 0. The molecule has 1 saturated heterocycles. The lowest BCUT2D eigenvalue weighted by molar-refractivity contribution is 0.606. The average Bonchev–Trinajstić information content (AvgIpc) is 2.72. The van der Waals surface area contributed by atoms with E-state index in [1.165, 1.54) is 16.8 Å². The second-order valence-corrected chi connectivity index (χ2v) is 4.88. The first-order valence-corrected chi connectivity index (χ1v) is 6.13. The molecule has 1 unspecified atom stereocenters. The number of aryl methyl sites for hydroxylation is 2. The molecule has 17 heavy (non-hydrogen) atoms. The van der Waals surface area contributed by atoms with Gasteiger partial charge in [0.25, 0.3) is 0 Å². The molecule has 2 N–H and O–H groups in total. The molecule has 0 saturated carbocycles. The van der Waals surface area contributed by atoms with Crippen LogP contribution < -0.4 is 10.6 Å². The van der Waals surface area contributed by atoms with Gasteiger partial charge in [-0.05, 0) is 30.9 Å². The van der Waals surface area contributed by atoms with Crippen LogP contribution in [0.4, 0.5) is 5.69 Å². The fourth-order valence-electron chi connectivity index (χ4n) is 2.57. The average molecular weight is 229 g/mol. The summed E-state index contributed by atoms with van der Waals surface area (Å²) < 4.78 is 0. The largest absolute Gasteiger partial charge is 0.368 e. The maximum absolute atomic E-state index is 9.08. The maximum Gasteiger partial charge on any atom is 0.123 e. The third-order valence-electron chi connectivity index (χ3n) is 3.54. The van der Waals surface area contributed by atoms with E-state index in [0.29, 0.717) is 6.54 Å². The molecule has 1 aliphatic rings. The van der Waals surface area contributed by atoms with Crippen LogP contribution in [0.3, 0.4) is 0 Å². The molecule has 0 aromatic heterocycles. The van der Waals surface area contributed by atoms with Crippen molar-refractivity contribution in [2.75, 3.05) is 18.0 Å². The highest BCUT2D eigenvalue weighted by molar-refractivity contribution is 5.61. The van der Waals surface area contributed by atoms with E-state index in [4.69, 9.17) is 11.0 Å². The highest BCUT2D eigenvalue weighted by Crippen LogP contribution is 2.31. The summed E-state index contributed by atoms with van der Waals surface area (Å²) in [6.45, 7) is 5.80. The van der Waals surface area contributed by atoms with E-state index in [1.807, 2.05) is 0 Å². The van der Waals surface area contributed by atoms with Crippen LogP contribution >= 0.6 is 0 Å². The number of benzene rings is 1. The molecule has 0 bridgehead atoms. The van der Waals surface area contributed by atoms with Gasteiger partial charge in [-0.3, -0.25) is 0 Å². The molecule has 0 radical (unpaired) electrons. The predicted molar refractivity (Wildman–Crippen MR) is 69.9 cm³/mol. The molecule has 1 aromatic carbocycles. The van der Waals surface area contributed by atoms with Crippen molar-refractivity contribution >= 4 is 5.69 Å². The van der Waals surface area contributed by atoms with Gasteiger partial charge in [-0.15, -0.1) is 0 Å². The zero-order valence-corrected chi connectivity index (χ0v) is 10.5. The van der Waals surface area contributed by atoms with Crippen LogP contribution in [0.1, 0.15) is 24.5 Å². The summed E-state index contributed by atoms with van der Waals surface area (Å²) in [6, 6.07) is 8.60. The lowest BCUT2D eigenvalue weighted by Crippen LogP contribution is -2.41. The van der Waals surface area contributed by atoms with Gasteiger partial charge >= 0.3 is 0 Å². The Morgan fingerprint density at radius 2 is 2.29 bits per heavy atom. The summed E-state index contributed by atoms with van der Waals surface area (Å²) in [6.07, 6.45) is 1.76. The van der Waals surface area contributed by atoms with Gasteiger partial charge in [-0.1, -0.05) is 25.1 Å². The molecule has 1 atom stereocenters. The maximum atomic E-state index is 9.08. The number of hydrogen-bond donors (Lipinski definition) is 1. The summed E-state index contributed by atoms with van der Waals surface area (Å²) in [4.78, 5) is 2.26. The van der Waals surface area contributed by atoms with Crippen LogP contribution in [0.5, 0.6) is 0 Å². The molecule has 1 aliphatic heterocycles. The topological polar surface area (TPSA) is 53.0 Å². The molecule has 0 amide bonds. The molecule has 0 spiro atoms. The van der Waals surface area contributed by atoms with Crippen molar-refractivity contribution in [1.82, 2.24) is 0 Å². The minimum Gasteiger partial charge on any atom is -0.368 e. The number of hydrogen-bond acceptors (Lipinski definition) is 3. The van der Waals surface area contributed by atoms with Gasteiger partial charge in [0, 0.05) is 18.8 Å². The zero-order chi connectivity index (χ0) is 12.5. The predicted octanol–water partition coefficient (Wildman–Crippen LogP) is 1.99. The van der Waals surface area contributed by atoms with Crippen LogP contribution in [0.15, 0.2) is 18.2 Å². The van der Waals surface area contributed by atoms with E-state index in [1.54, 1.807) is 0 Å². The smallest absolute Gasteiger partial charge is 0.123 e. The van der Waals surface area contributed by atoms with Crippen molar-refractivity contribution in [3.63, 3.8) is 0 Å². The first-order valence-electron chi connectivity index (χ1n) is 6.13.